The summed E-state index contributed by atoms with van der Waals surface area (Å²) in [6, 6.07) is 46.2. The Kier molecular flexibility index (Phi) is 10.1. The van der Waals surface area contributed by atoms with Crippen molar-refractivity contribution in [2.24, 2.45) is 0 Å². The third-order valence-corrected chi connectivity index (χ3v) is 20.0. The predicted molar refractivity (Wildman–Crippen MR) is 322 cm³/mol. The highest BCUT2D eigenvalue weighted by Crippen LogP contribution is 2.56. The van der Waals surface area contributed by atoms with Gasteiger partial charge >= 0.3 is 0 Å². The van der Waals surface area contributed by atoms with Crippen LogP contribution in [0.4, 0.5) is 34.1 Å². The van der Waals surface area contributed by atoms with Gasteiger partial charge in [0.15, 0.2) is 0 Å². The molecule has 0 N–H and O–H groups in total. The van der Waals surface area contributed by atoms with Crippen LogP contribution in [-0.2, 0) is 37.9 Å². The molecule has 0 radical (unpaired) electrons. The van der Waals surface area contributed by atoms with Gasteiger partial charge in [-0.1, -0.05) is 158 Å². The van der Waals surface area contributed by atoms with E-state index in [0.29, 0.717) is 0 Å². The van der Waals surface area contributed by atoms with E-state index in [4.69, 9.17) is 4.42 Å². The van der Waals surface area contributed by atoms with Gasteiger partial charge in [-0.2, -0.15) is 0 Å². The maximum Gasteiger partial charge on any atom is 0.297 e. The molecule has 0 unspecified atom stereocenters. The molecule has 5 aliphatic rings. The van der Waals surface area contributed by atoms with E-state index in [1.807, 2.05) is 0 Å². The van der Waals surface area contributed by atoms with Gasteiger partial charge in [-0.05, 0) is 216 Å². The molecule has 2 aliphatic heterocycles. The van der Waals surface area contributed by atoms with Crippen molar-refractivity contribution in [3.05, 3.63) is 160 Å². The van der Waals surface area contributed by atoms with Gasteiger partial charge in [-0.25, -0.2) is 0 Å². The molecular weight excluding hydrogens is 908 g/mol. The molecule has 3 aliphatic carbocycles. The standard InChI is InChI=1S/C71H79BN2O/c1-42-33-59-62-60(34-42)74(57-39-53-50(66(5,6)27-30-69(53,11)12)36-48(57)45-22-21-43-19-17-18-20-44(43)35-45)58-40-54-52(68(9,10)29-31-70(54,13)14)38-56(58)72(62)64-63(73(59)47-25-23-46(24-26-47)65(2,3)4)49-37-51-55(41-61(49)75-64)71(15,16)32-28-67(51,7)8/h17-26,33-41H,27-32H2,1-16H3. The normalized spacial score (nSPS) is 20.0. The van der Waals surface area contributed by atoms with Gasteiger partial charge in [-0.15, -0.1) is 0 Å². The Balaban J connectivity index is 1.18. The van der Waals surface area contributed by atoms with Crippen LogP contribution in [0.3, 0.4) is 0 Å². The van der Waals surface area contributed by atoms with Crippen LogP contribution in [-0.4, -0.2) is 6.71 Å². The lowest BCUT2D eigenvalue weighted by Gasteiger charge is -2.47. The molecule has 1 aromatic heterocycles. The molecule has 13 rings (SSSR count). The van der Waals surface area contributed by atoms with Crippen molar-refractivity contribution in [3.63, 3.8) is 0 Å². The van der Waals surface area contributed by atoms with E-state index in [1.165, 1.54) is 111 Å². The zero-order valence-electron chi connectivity index (χ0n) is 48.1. The molecule has 0 atom stereocenters. The molecule has 3 nitrogen and oxygen atoms in total. The van der Waals surface area contributed by atoms with Gasteiger partial charge in [0.25, 0.3) is 6.71 Å². The minimum absolute atomic E-state index is 0.00120. The SMILES string of the molecule is Cc1cc2c3c(c1)N(c1ccc(C(C)(C)C)cc1)c1c(oc4cc5c(cc14)C(C)(C)CCC5(C)C)B3c1cc3c(cc1N2c1cc2c(cc1-c1ccc4ccccc4c1)C(C)(C)CCC2(C)C)C(C)(C)CCC3(C)C. The fraction of sp³-hybridized carbons (Fsp3) is 0.408. The minimum Gasteiger partial charge on any atom is -0.468 e. The Morgan fingerprint density at radius 3 is 1.53 bits per heavy atom. The number of hydrogen-bond acceptors (Lipinski definition) is 3. The van der Waals surface area contributed by atoms with Crippen LogP contribution in [0.15, 0.2) is 120 Å². The number of nitrogens with zero attached hydrogens (tertiary/aromatic N) is 2. The summed E-state index contributed by atoms with van der Waals surface area (Å²) in [5.41, 5.74) is 26.1. The van der Waals surface area contributed by atoms with E-state index in [1.54, 1.807) is 0 Å². The van der Waals surface area contributed by atoms with Gasteiger partial charge < -0.3 is 14.2 Å². The van der Waals surface area contributed by atoms with Crippen LogP contribution in [0, 0.1) is 6.92 Å². The third-order valence-electron chi connectivity index (χ3n) is 20.0. The van der Waals surface area contributed by atoms with Gasteiger partial charge in [0.1, 0.15) is 5.58 Å². The predicted octanol–water partition coefficient (Wildman–Crippen LogP) is 18.0. The van der Waals surface area contributed by atoms with Gasteiger partial charge in [0, 0.05) is 33.7 Å². The first-order valence-electron chi connectivity index (χ1n) is 28.5. The van der Waals surface area contributed by atoms with Crippen LogP contribution < -0.4 is 26.4 Å². The number of anilines is 6. The van der Waals surface area contributed by atoms with Crippen LogP contribution in [0.1, 0.15) is 187 Å². The van der Waals surface area contributed by atoms with E-state index >= 15 is 0 Å². The van der Waals surface area contributed by atoms with Crippen molar-refractivity contribution < 1.29 is 4.42 Å². The highest BCUT2D eigenvalue weighted by Gasteiger charge is 2.51. The summed E-state index contributed by atoms with van der Waals surface area (Å²) in [5, 5.41) is 3.75. The number of aryl methyl sites for hydroxylation is 1. The van der Waals surface area contributed by atoms with E-state index < -0.39 is 0 Å². The lowest BCUT2D eigenvalue weighted by Crippen LogP contribution is -2.61. The summed E-state index contributed by atoms with van der Waals surface area (Å²) < 4.78 is 7.76. The second kappa shape index (κ2) is 15.6. The first-order chi connectivity index (χ1) is 35.2. The van der Waals surface area contributed by atoms with Crippen molar-refractivity contribution in [2.45, 2.75) is 187 Å². The zero-order chi connectivity index (χ0) is 52.9. The lowest BCUT2D eigenvalue weighted by molar-refractivity contribution is 0.332. The monoisotopic (exact) mass is 987 g/mol. The van der Waals surface area contributed by atoms with Crippen LogP contribution in [0.2, 0.25) is 0 Å². The highest BCUT2D eigenvalue weighted by molar-refractivity contribution is 7.00. The minimum atomic E-state index is -0.143. The van der Waals surface area contributed by atoms with Crippen molar-refractivity contribution >= 4 is 79.2 Å². The fourth-order valence-electron chi connectivity index (χ4n) is 14.8. The van der Waals surface area contributed by atoms with Crippen molar-refractivity contribution in [1.82, 2.24) is 0 Å². The first-order valence-corrected chi connectivity index (χ1v) is 28.5. The summed E-state index contributed by atoms with van der Waals surface area (Å²) in [6.45, 7) is 38.8. The fourth-order valence-corrected chi connectivity index (χ4v) is 14.8. The molecule has 0 spiro atoms. The molecule has 0 bridgehead atoms. The Hall–Kier alpha value is -6.00. The second-order valence-electron chi connectivity index (χ2n) is 29.1. The number of rotatable bonds is 3. The summed E-state index contributed by atoms with van der Waals surface area (Å²) >= 11 is 0. The Labute approximate surface area is 449 Å². The molecule has 75 heavy (non-hydrogen) atoms. The van der Waals surface area contributed by atoms with Crippen molar-refractivity contribution in [3.8, 4) is 11.1 Å². The van der Waals surface area contributed by atoms with Crippen LogP contribution in [0.25, 0.3) is 32.9 Å². The maximum atomic E-state index is 7.76. The van der Waals surface area contributed by atoms with Gasteiger partial charge in [-0.3, -0.25) is 0 Å². The molecule has 4 heteroatoms. The Morgan fingerprint density at radius 1 is 0.467 bits per heavy atom. The molecule has 7 aromatic carbocycles. The first kappa shape index (κ1) is 48.6. The van der Waals surface area contributed by atoms with Gasteiger partial charge in [0.05, 0.1) is 17.0 Å². The number of hydrogen-bond donors (Lipinski definition) is 0. The molecule has 0 fully saturated rings. The maximum absolute atomic E-state index is 7.76. The van der Waals surface area contributed by atoms with Crippen LogP contribution >= 0.6 is 0 Å². The molecule has 8 aromatic rings. The van der Waals surface area contributed by atoms with Crippen molar-refractivity contribution in [2.75, 3.05) is 9.80 Å². The average molecular weight is 987 g/mol. The highest BCUT2D eigenvalue weighted by atomic mass is 16.3. The molecule has 3 heterocycles. The van der Waals surface area contributed by atoms with E-state index in [9.17, 15) is 0 Å². The Morgan fingerprint density at radius 2 is 0.960 bits per heavy atom. The molecule has 0 saturated heterocycles. The number of fused-ring (bicyclic) bond motifs is 10. The number of benzene rings is 7. The topological polar surface area (TPSA) is 19.6 Å². The smallest absolute Gasteiger partial charge is 0.297 e. The zero-order valence-corrected chi connectivity index (χ0v) is 48.1. The summed E-state index contributed by atoms with van der Waals surface area (Å²) in [6.07, 6.45) is 6.91. The second-order valence-corrected chi connectivity index (χ2v) is 29.1. The van der Waals surface area contributed by atoms with Crippen molar-refractivity contribution in [1.29, 1.82) is 0 Å². The molecule has 0 saturated carbocycles. The summed E-state index contributed by atoms with van der Waals surface area (Å²) in [5.74, 6) is 0. The molecular formula is C71H79BN2O. The number of furan rings is 1. The average Bonchev–Trinajstić information content (AvgIpc) is 3.80. The largest absolute Gasteiger partial charge is 0.468 e. The van der Waals surface area contributed by atoms with Gasteiger partial charge in [0.2, 0.25) is 0 Å². The van der Waals surface area contributed by atoms with E-state index in [-0.39, 0.29) is 44.6 Å². The molecule has 382 valence electrons. The van der Waals surface area contributed by atoms with E-state index in [2.05, 4.69) is 236 Å². The third kappa shape index (κ3) is 7.19. The van der Waals surface area contributed by atoms with Crippen LogP contribution in [0.5, 0.6) is 0 Å². The summed E-state index contributed by atoms with van der Waals surface area (Å²) in [7, 11) is 0. The van der Waals surface area contributed by atoms with E-state index in [0.717, 1.165) is 55.5 Å². The molecule has 0 amide bonds. The lowest BCUT2D eigenvalue weighted by atomic mass is 9.35. The summed E-state index contributed by atoms with van der Waals surface area (Å²) in [4.78, 5) is 5.36. The quantitative estimate of drug-likeness (QED) is 0.165. The Bertz CT molecular complexity index is 3730.